The summed E-state index contributed by atoms with van der Waals surface area (Å²) in [5.74, 6) is 1.50. The van der Waals surface area contributed by atoms with Gasteiger partial charge in [-0.05, 0) is 50.4 Å². The minimum atomic E-state index is -0.528. The molecule has 0 aromatic heterocycles. The number of β-amino-alcohol motifs (C(OH)–C–C–N with tert-alkyl or cyclic N) is 1. The molecule has 6 heteroatoms. The van der Waals surface area contributed by atoms with Gasteiger partial charge in [-0.1, -0.05) is 11.6 Å². The van der Waals surface area contributed by atoms with Crippen molar-refractivity contribution in [1.82, 2.24) is 9.80 Å². The van der Waals surface area contributed by atoms with E-state index in [9.17, 15) is 5.11 Å². The average Bonchev–Trinajstić information content (AvgIpc) is 3.21. The summed E-state index contributed by atoms with van der Waals surface area (Å²) >= 11 is 6.38. The van der Waals surface area contributed by atoms with Gasteiger partial charge < -0.3 is 19.5 Å². The van der Waals surface area contributed by atoms with Crippen LogP contribution in [0.25, 0.3) is 0 Å². The molecule has 1 aromatic rings. The maximum absolute atomic E-state index is 10.9. The summed E-state index contributed by atoms with van der Waals surface area (Å²) in [5, 5.41) is 11.6. The van der Waals surface area contributed by atoms with Crippen molar-refractivity contribution >= 4 is 11.6 Å². The van der Waals surface area contributed by atoms with Gasteiger partial charge >= 0.3 is 0 Å². The van der Waals surface area contributed by atoms with Crippen LogP contribution in [0.4, 0.5) is 0 Å². The first-order valence-electron chi connectivity index (χ1n) is 8.86. The van der Waals surface area contributed by atoms with Crippen molar-refractivity contribution in [1.29, 1.82) is 0 Å². The second-order valence-corrected chi connectivity index (χ2v) is 7.69. The van der Waals surface area contributed by atoms with Crippen LogP contribution in [0.5, 0.6) is 11.5 Å². The average molecular weight is 353 g/mol. The number of nitrogens with zero attached hydrogens (tertiary/aromatic N) is 2. The van der Waals surface area contributed by atoms with Gasteiger partial charge in [0.1, 0.15) is 0 Å². The number of fused-ring (bicyclic) bond motifs is 1. The predicted molar refractivity (Wildman–Crippen MR) is 92.7 cm³/mol. The van der Waals surface area contributed by atoms with Gasteiger partial charge in [-0.15, -0.1) is 0 Å². The van der Waals surface area contributed by atoms with Gasteiger partial charge in [-0.3, -0.25) is 4.90 Å². The highest BCUT2D eigenvalue weighted by molar-refractivity contribution is 6.31. The van der Waals surface area contributed by atoms with E-state index in [-0.39, 0.29) is 6.79 Å². The molecule has 1 N–H and O–H groups in total. The third-order valence-corrected chi connectivity index (χ3v) is 5.79. The fourth-order valence-electron chi connectivity index (χ4n) is 3.96. The van der Waals surface area contributed by atoms with Crippen molar-refractivity contribution in [2.75, 3.05) is 39.5 Å². The molecule has 0 atom stereocenters. The molecule has 1 aromatic carbocycles. The zero-order valence-electron chi connectivity index (χ0n) is 14.0. The summed E-state index contributed by atoms with van der Waals surface area (Å²) in [4.78, 5) is 4.77. The van der Waals surface area contributed by atoms with E-state index in [1.165, 1.54) is 12.8 Å². The normalized spacial score (nSPS) is 23.8. The van der Waals surface area contributed by atoms with Crippen LogP contribution < -0.4 is 9.47 Å². The Balaban J connectivity index is 1.34. The number of hydrogen-bond donors (Lipinski definition) is 1. The van der Waals surface area contributed by atoms with Crippen molar-refractivity contribution in [3.8, 4) is 11.5 Å². The summed E-state index contributed by atoms with van der Waals surface area (Å²) in [6.45, 7) is 5.95. The van der Waals surface area contributed by atoms with E-state index in [1.807, 2.05) is 12.1 Å². The van der Waals surface area contributed by atoms with Crippen molar-refractivity contribution in [2.45, 2.75) is 37.8 Å². The zero-order chi connectivity index (χ0) is 16.6. The molecule has 4 rings (SSSR count). The first kappa shape index (κ1) is 16.5. The molecule has 0 bridgehead atoms. The molecule has 24 heavy (non-hydrogen) atoms. The first-order chi connectivity index (χ1) is 11.6. The van der Waals surface area contributed by atoms with Crippen molar-refractivity contribution in [2.24, 2.45) is 0 Å². The van der Waals surface area contributed by atoms with Gasteiger partial charge in [0.2, 0.25) is 6.79 Å². The fourth-order valence-corrected chi connectivity index (χ4v) is 4.18. The topological polar surface area (TPSA) is 45.2 Å². The van der Waals surface area contributed by atoms with Gasteiger partial charge in [-0.2, -0.15) is 0 Å². The van der Waals surface area contributed by atoms with E-state index in [2.05, 4.69) is 9.80 Å². The lowest BCUT2D eigenvalue weighted by atomic mass is 9.90. The number of benzene rings is 1. The standard InChI is InChI=1S/C18H25ClN2O3/c19-15-10-17-16(23-13-24-17)9-14(15)11-20-7-3-18(22,4-8-20)12-21-5-1-2-6-21/h9-10,22H,1-8,11-13H2. The molecular formula is C18H25ClN2O3. The number of piperidine rings is 1. The highest BCUT2D eigenvalue weighted by Gasteiger charge is 2.34. The summed E-state index contributed by atoms with van der Waals surface area (Å²) in [6, 6.07) is 3.82. The van der Waals surface area contributed by atoms with E-state index in [0.717, 1.165) is 74.2 Å². The molecule has 0 unspecified atom stereocenters. The van der Waals surface area contributed by atoms with Gasteiger partial charge in [0.15, 0.2) is 11.5 Å². The van der Waals surface area contributed by atoms with Crippen LogP contribution in [0, 0.1) is 0 Å². The summed E-state index contributed by atoms with van der Waals surface area (Å²) in [6.07, 6.45) is 4.19. The third-order valence-electron chi connectivity index (χ3n) is 5.44. The Morgan fingerprint density at radius 1 is 1.00 bits per heavy atom. The lowest BCUT2D eigenvalue weighted by molar-refractivity contribution is -0.0430. The second-order valence-electron chi connectivity index (χ2n) is 7.28. The number of likely N-dealkylation sites (tertiary alicyclic amines) is 2. The fraction of sp³-hybridized carbons (Fsp3) is 0.667. The van der Waals surface area contributed by atoms with Gasteiger partial charge in [-0.25, -0.2) is 0 Å². The van der Waals surface area contributed by atoms with Gasteiger partial charge in [0.25, 0.3) is 0 Å². The maximum atomic E-state index is 10.9. The highest BCUT2D eigenvalue weighted by Crippen LogP contribution is 2.37. The van der Waals surface area contributed by atoms with Crippen LogP contribution in [-0.2, 0) is 6.54 Å². The molecule has 132 valence electrons. The third kappa shape index (κ3) is 3.49. The smallest absolute Gasteiger partial charge is 0.231 e. The molecule has 0 saturated carbocycles. The second kappa shape index (κ2) is 6.71. The van der Waals surface area contributed by atoms with E-state index < -0.39 is 5.60 Å². The van der Waals surface area contributed by atoms with Gasteiger partial charge in [0.05, 0.1) is 5.60 Å². The monoisotopic (exact) mass is 352 g/mol. The van der Waals surface area contributed by atoms with E-state index >= 15 is 0 Å². The Labute approximate surface area is 148 Å². The molecule has 5 nitrogen and oxygen atoms in total. The first-order valence-corrected chi connectivity index (χ1v) is 9.24. The molecule has 0 aliphatic carbocycles. The van der Waals surface area contributed by atoms with Crippen LogP contribution in [0.2, 0.25) is 5.02 Å². The molecule has 3 aliphatic heterocycles. The molecule has 3 aliphatic rings. The van der Waals surface area contributed by atoms with Crippen molar-refractivity contribution in [3.05, 3.63) is 22.7 Å². The number of rotatable bonds is 4. The molecular weight excluding hydrogens is 328 g/mol. The van der Waals surface area contributed by atoms with Crippen molar-refractivity contribution < 1.29 is 14.6 Å². The largest absolute Gasteiger partial charge is 0.454 e. The van der Waals surface area contributed by atoms with E-state index in [1.54, 1.807) is 0 Å². The number of halogens is 1. The van der Waals surface area contributed by atoms with Crippen LogP contribution in [0.15, 0.2) is 12.1 Å². The zero-order valence-corrected chi connectivity index (χ0v) is 14.7. The Bertz CT molecular complexity index is 596. The van der Waals surface area contributed by atoms with Crippen LogP contribution in [0.3, 0.4) is 0 Å². The Kier molecular flexibility index (Phi) is 4.60. The van der Waals surface area contributed by atoms with Crippen LogP contribution in [-0.4, -0.2) is 60.0 Å². The van der Waals surface area contributed by atoms with E-state index in [4.69, 9.17) is 21.1 Å². The summed E-state index contributed by atoms with van der Waals surface area (Å²) < 4.78 is 10.8. The SMILES string of the molecule is OC1(CN2CCCC2)CCN(Cc2cc3c(cc2Cl)OCO3)CC1. The number of hydrogen-bond acceptors (Lipinski definition) is 5. The lowest BCUT2D eigenvalue weighted by Gasteiger charge is -2.40. The van der Waals surface area contributed by atoms with Crippen LogP contribution in [0.1, 0.15) is 31.2 Å². The molecule has 3 heterocycles. The number of ether oxygens (including phenoxy) is 2. The predicted octanol–water partition coefficient (Wildman–Crippen LogP) is 2.49. The Morgan fingerprint density at radius 2 is 1.67 bits per heavy atom. The Hall–Kier alpha value is -1.01. The number of aliphatic hydroxyl groups is 1. The molecule has 0 spiro atoms. The van der Waals surface area contributed by atoms with Crippen LogP contribution >= 0.6 is 11.6 Å². The quantitative estimate of drug-likeness (QED) is 0.902. The summed E-state index contributed by atoms with van der Waals surface area (Å²) in [5.41, 5.74) is 0.533. The minimum Gasteiger partial charge on any atom is -0.454 e. The van der Waals surface area contributed by atoms with E-state index in [0.29, 0.717) is 0 Å². The molecule has 2 saturated heterocycles. The molecule has 2 fully saturated rings. The Morgan fingerprint density at radius 3 is 2.38 bits per heavy atom. The molecule has 0 amide bonds. The highest BCUT2D eigenvalue weighted by atomic mass is 35.5. The van der Waals surface area contributed by atoms with Gasteiger partial charge in [0, 0.05) is 37.3 Å². The van der Waals surface area contributed by atoms with Crippen molar-refractivity contribution in [3.63, 3.8) is 0 Å². The lowest BCUT2D eigenvalue weighted by Crippen LogP contribution is -2.50. The minimum absolute atomic E-state index is 0.266. The maximum Gasteiger partial charge on any atom is 0.231 e. The molecule has 0 radical (unpaired) electrons. The summed E-state index contributed by atoms with van der Waals surface area (Å²) in [7, 11) is 0.